The molecule has 0 unspecified atom stereocenters. The van der Waals surface area contributed by atoms with E-state index in [1.54, 1.807) is 10.7 Å². The summed E-state index contributed by atoms with van der Waals surface area (Å²) >= 11 is 0. The molecule has 1 aromatic heterocycles. The fourth-order valence-corrected chi connectivity index (χ4v) is 5.92. The molecule has 2 aliphatic carbocycles. The Labute approximate surface area is 221 Å². The summed E-state index contributed by atoms with van der Waals surface area (Å²) in [5.41, 5.74) is 7.96. The number of fused-ring (bicyclic) bond motifs is 1. The van der Waals surface area contributed by atoms with Gasteiger partial charge in [0.25, 0.3) is 0 Å². The normalized spacial score (nSPS) is 19.9. The molecule has 0 saturated heterocycles. The van der Waals surface area contributed by atoms with Crippen LogP contribution in [0.15, 0.2) is 48.5 Å². The molecule has 0 bridgehead atoms. The second-order valence-electron chi connectivity index (χ2n) is 10.6. The van der Waals surface area contributed by atoms with Crippen LogP contribution in [0, 0.1) is 32.5 Å². The van der Waals surface area contributed by atoms with Crippen molar-refractivity contribution >= 4 is 5.97 Å². The highest BCUT2D eigenvalue weighted by Gasteiger charge is 2.44. The van der Waals surface area contributed by atoms with Crippen LogP contribution in [0.5, 0.6) is 5.75 Å². The number of ether oxygens (including phenoxy) is 1. The minimum atomic E-state index is -0.743. The molecule has 1 saturated carbocycles. The van der Waals surface area contributed by atoms with Gasteiger partial charge in [-0.05, 0) is 110 Å². The summed E-state index contributed by atoms with van der Waals surface area (Å²) in [4.78, 5) is 15.8. The number of hydrogen-bond donors (Lipinski definition) is 1. The Bertz CT molecular complexity index is 1530. The quantitative estimate of drug-likeness (QED) is 0.321. The molecule has 4 aromatic rings. The van der Waals surface area contributed by atoms with Crippen molar-refractivity contribution in [2.24, 2.45) is 13.0 Å². The Hall–Kier alpha value is -4.00. The third-order valence-electron chi connectivity index (χ3n) is 8.02. The lowest BCUT2D eigenvalue weighted by Crippen LogP contribution is -2.06. The molecule has 0 amide bonds. The van der Waals surface area contributed by atoms with Crippen LogP contribution in [-0.2, 0) is 18.3 Å². The van der Waals surface area contributed by atoms with E-state index in [0.29, 0.717) is 30.0 Å². The Morgan fingerprint density at radius 2 is 1.79 bits per heavy atom. The first-order valence-electron chi connectivity index (χ1n) is 13.0. The molecule has 1 heterocycles. The smallest absolute Gasteiger partial charge is 0.307 e. The SMILES string of the molecule is Cc1cc(-c2nc(C)n(C)n2)cc(C)c1-c1ccc(F)c2c1CC[C@H]2Oc1ccc([C@H]2C[C@@H]2C(=O)O)cc1. The van der Waals surface area contributed by atoms with Crippen LogP contribution in [0.25, 0.3) is 22.5 Å². The molecule has 194 valence electrons. The van der Waals surface area contributed by atoms with Gasteiger partial charge >= 0.3 is 5.97 Å². The first kappa shape index (κ1) is 24.3. The number of aliphatic carboxylic acids is 1. The first-order valence-corrected chi connectivity index (χ1v) is 13.0. The Kier molecular flexibility index (Phi) is 5.82. The van der Waals surface area contributed by atoms with Gasteiger partial charge in [0.2, 0.25) is 0 Å². The summed E-state index contributed by atoms with van der Waals surface area (Å²) < 4.78 is 23.3. The maximum absolute atomic E-state index is 15.2. The Morgan fingerprint density at radius 3 is 2.39 bits per heavy atom. The summed E-state index contributed by atoms with van der Waals surface area (Å²) in [6.07, 6.45) is 1.73. The minimum Gasteiger partial charge on any atom is -0.486 e. The van der Waals surface area contributed by atoms with Crippen LogP contribution >= 0.6 is 0 Å². The van der Waals surface area contributed by atoms with Gasteiger partial charge < -0.3 is 9.84 Å². The third kappa shape index (κ3) is 4.16. The lowest BCUT2D eigenvalue weighted by Gasteiger charge is -2.19. The van der Waals surface area contributed by atoms with Crippen LogP contribution in [0.2, 0.25) is 0 Å². The van der Waals surface area contributed by atoms with Gasteiger partial charge in [-0.1, -0.05) is 18.2 Å². The zero-order valence-corrected chi connectivity index (χ0v) is 22.0. The first-order chi connectivity index (χ1) is 18.2. The molecule has 1 fully saturated rings. The summed E-state index contributed by atoms with van der Waals surface area (Å²) in [6.45, 7) is 6.09. The van der Waals surface area contributed by atoms with E-state index >= 15 is 4.39 Å². The largest absolute Gasteiger partial charge is 0.486 e. The maximum atomic E-state index is 15.2. The molecule has 2 aliphatic rings. The molecule has 38 heavy (non-hydrogen) atoms. The average Bonchev–Trinajstić information content (AvgIpc) is 3.47. The molecule has 0 aliphatic heterocycles. The van der Waals surface area contributed by atoms with Crippen molar-refractivity contribution in [2.45, 2.75) is 52.1 Å². The van der Waals surface area contributed by atoms with Crippen LogP contribution in [0.1, 0.15) is 58.5 Å². The molecule has 3 atom stereocenters. The lowest BCUT2D eigenvalue weighted by atomic mass is 9.89. The van der Waals surface area contributed by atoms with E-state index in [2.05, 4.69) is 36.1 Å². The number of benzene rings is 3. The third-order valence-corrected chi connectivity index (χ3v) is 8.02. The second-order valence-corrected chi connectivity index (χ2v) is 10.6. The van der Waals surface area contributed by atoms with E-state index in [-0.39, 0.29) is 23.8 Å². The zero-order valence-electron chi connectivity index (χ0n) is 22.0. The number of aromatic nitrogens is 3. The van der Waals surface area contributed by atoms with Gasteiger partial charge in [0.05, 0.1) is 5.92 Å². The van der Waals surface area contributed by atoms with Crippen molar-refractivity contribution < 1.29 is 19.0 Å². The molecular formula is C31H30FN3O3. The van der Waals surface area contributed by atoms with Crippen molar-refractivity contribution in [3.63, 3.8) is 0 Å². The van der Waals surface area contributed by atoms with E-state index in [0.717, 1.165) is 51.2 Å². The number of halogens is 1. The minimum absolute atomic E-state index is 0.0732. The predicted molar refractivity (Wildman–Crippen MR) is 143 cm³/mol. The summed E-state index contributed by atoms with van der Waals surface area (Å²) in [5, 5.41) is 13.7. The topological polar surface area (TPSA) is 77.2 Å². The summed E-state index contributed by atoms with van der Waals surface area (Å²) in [7, 11) is 1.89. The van der Waals surface area contributed by atoms with Crippen molar-refractivity contribution in [3.8, 4) is 28.3 Å². The molecule has 7 heteroatoms. The highest BCUT2D eigenvalue weighted by atomic mass is 19.1. The fourth-order valence-electron chi connectivity index (χ4n) is 5.92. The van der Waals surface area contributed by atoms with Crippen LogP contribution in [0.3, 0.4) is 0 Å². The second kappa shape index (κ2) is 9.08. The fraction of sp³-hybridized carbons (Fsp3) is 0.323. The van der Waals surface area contributed by atoms with Gasteiger partial charge in [-0.3, -0.25) is 9.48 Å². The van der Waals surface area contributed by atoms with Gasteiger partial charge in [-0.25, -0.2) is 9.37 Å². The molecular weight excluding hydrogens is 481 g/mol. The molecule has 0 radical (unpaired) electrons. The van der Waals surface area contributed by atoms with Gasteiger partial charge in [0, 0.05) is 18.2 Å². The molecule has 1 N–H and O–H groups in total. The van der Waals surface area contributed by atoms with Crippen molar-refractivity contribution in [1.29, 1.82) is 0 Å². The number of hydrogen-bond acceptors (Lipinski definition) is 4. The number of nitrogens with zero attached hydrogens (tertiary/aromatic N) is 3. The van der Waals surface area contributed by atoms with E-state index in [9.17, 15) is 9.90 Å². The van der Waals surface area contributed by atoms with Gasteiger partial charge in [-0.2, -0.15) is 5.10 Å². The Balaban J connectivity index is 1.29. The van der Waals surface area contributed by atoms with Gasteiger partial charge in [0.1, 0.15) is 23.5 Å². The predicted octanol–water partition coefficient (Wildman–Crippen LogP) is 6.47. The number of carboxylic acid groups (broad SMARTS) is 1. The van der Waals surface area contributed by atoms with Crippen LogP contribution < -0.4 is 4.74 Å². The zero-order chi connectivity index (χ0) is 26.7. The number of rotatable bonds is 6. The highest BCUT2D eigenvalue weighted by Crippen LogP contribution is 2.48. The number of carbonyl (C=O) groups is 1. The summed E-state index contributed by atoms with van der Waals surface area (Å²) in [5.74, 6) is 1.02. The molecule has 0 spiro atoms. The highest BCUT2D eigenvalue weighted by molar-refractivity contribution is 5.78. The van der Waals surface area contributed by atoms with E-state index < -0.39 is 5.97 Å². The van der Waals surface area contributed by atoms with Gasteiger partial charge in [-0.15, -0.1) is 0 Å². The average molecular weight is 512 g/mol. The van der Waals surface area contributed by atoms with E-state index in [1.165, 1.54) is 0 Å². The van der Waals surface area contributed by atoms with E-state index in [4.69, 9.17) is 4.74 Å². The Morgan fingerprint density at radius 1 is 1.08 bits per heavy atom. The van der Waals surface area contributed by atoms with Gasteiger partial charge in [0.15, 0.2) is 5.82 Å². The lowest BCUT2D eigenvalue weighted by molar-refractivity contribution is -0.138. The standard InChI is InChI=1S/C31H30FN3O3/c1-16-13-20(30-33-18(3)35(4)34-30)14-17(2)28(16)22-9-11-26(32)29-23(22)10-12-27(29)38-21-7-5-19(6-8-21)24-15-25(24)31(36)37/h5-9,11,13-14,24-25,27H,10,12,15H2,1-4H3,(H,36,37)/t24-,25+,27-/m1/s1. The molecule has 6 rings (SSSR count). The molecule has 6 nitrogen and oxygen atoms in total. The summed E-state index contributed by atoms with van der Waals surface area (Å²) in [6, 6.07) is 15.2. The molecule has 3 aromatic carbocycles. The van der Waals surface area contributed by atoms with Crippen molar-refractivity contribution in [3.05, 3.63) is 88.0 Å². The van der Waals surface area contributed by atoms with Crippen molar-refractivity contribution in [2.75, 3.05) is 0 Å². The number of aryl methyl sites for hydroxylation is 4. The van der Waals surface area contributed by atoms with Crippen molar-refractivity contribution in [1.82, 2.24) is 14.8 Å². The van der Waals surface area contributed by atoms with E-state index in [1.807, 2.05) is 44.3 Å². The maximum Gasteiger partial charge on any atom is 0.307 e. The van der Waals surface area contributed by atoms with Crippen LogP contribution in [-0.4, -0.2) is 25.8 Å². The van der Waals surface area contributed by atoms with Crippen LogP contribution in [0.4, 0.5) is 4.39 Å². The monoisotopic (exact) mass is 511 g/mol. The number of carboxylic acids is 1.